The average Bonchev–Trinajstić information content (AvgIpc) is 2.85. The molecule has 0 atom stereocenters. The van der Waals surface area contributed by atoms with Crippen molar-refractivity contribution < 1.29 is 21.7 Å². The van der Waals surface area contributed by atoms with Gasteiger partial charge in [0, 0.05) is 23.3 Å². The summed E-state index contributed by atoms with van der Waals surface area (Å²) < 4.78 is 4.03. The minimum atomic E-state index is 0.382. The molecule has 0 amide bonds. The van der Waals surface area contributed by atoms with Gasteiger partial charge in [-0.2, -0.15) is 14.9 Å². The summed E-state index contributed by atoms with van der Waals surface area (Å²) >= 11 is 0.382. The zero-order valence-electron chi connectivity index (χ0n) is 20.6. The van der Waals surface area contributed by atoms with Gasteiger partial charge < -0.3 is 0 Å². The molecule has 2 nitrogen and oxygen atoms in total. The van der Waals surface area contributed by atoms with Crippen molar-refractivity contribution in [2.75, 3.05) is 0 Å². The van der Waals surface area contributed by atoms with Crippen LogP contribution in [0.2, 0.25) is 0 Å². The Morgan fingerprint density at radius 3 is 2.09 bits per heavy atom. The summed E-state index contributed by atoms with van der Waals surface area (Å²) in [5.41, 5.74) is 8.51. The van der Waals surface area contributed by atoms with E-state index < -0.39 is 0 Å². The average molecular weight is 550 g/mol. The topological polar surface area (TPSA) is 8.91 Å². The van der Waals surface area contributed by atoms with Crippen molar-refractivity contribution in [2.24, 2.45) is 0 Å². The van der Waals surface area contributed by atoms with Crippen molar-refractivity contribution in [1.82, 2.24) is 0 Å². The van der Waals surface area contributed by atoms with Gasteiger partial charge in [0.1, 0.15) is 13.4 Å². The third-order valence-corrected chi connectivity index (χ3v) is 6.11. The Morgan fingerprint density at radius 1 is 0.886 bits per heavy atom. The van der Waals surface area contributed by atoms with Gasteiger partial charge in [0.15, 0.2) is 5.69 Å². The Bertz CT molecular complexity index is 1320. The molecule has 0 radical (unpaired) electrons. The molecule has 1 aliphatic carbocycles. The van der Waals surface area contributed by atoms with Crippen molar-refractivity contribution >= 4 is 38.9 Å². The first kappa shape index (κ1) is 27.2. The van der Waals surface area contributed by atoms with E-state index in [0.29, 0.717) is 24.7 Å². The van der Waals surface area contributed by atoms with Crippen molar-refractivity contribution in [3.8, 4) is 11.3 Å². The number of allylic oxidation sites excluding steroid dienone is 2. The minimum absolute atomic E-state index is 0.382. The Kier molecular flexibility index (Phi) is 9.70. The molecule has 0 N–H and O–H groups in total. The first-order valence-corrected chi connectivity index (χ1v) is 14.4. The quantitative estimate of drug-likeness (QED) is 0.178. The number of hydrogen-bond donors (Lipinski definition) is 0. The normalized spacial score (nSPS) is 12.6. The molecule has 5 heteroatoms. The van der Waals surface area contributed by atoms with Gasteiger partial charge in [0.25, 0.3) is 5.35 Å². The van der Waals surface area contributed by atoms with Gasteiger partial charge in [0.05, 0.1) is 0 Å². The fourth-order valence-corrected chi connectivity index (χ4v) is 4.42. The van der Waals surface area contributed by atoms with Gasteiger partial charge in [0.2, 0.25) is 11.9 Å². The maximum absolute atomic E-state index is 4.73. The molecule has 0 aliphatic heterocycles. The SMILES string of the molecule is C=[N+](C=c1cccc(-c2cccc3c2[CH-]C=C[CH-]3)[n+]1=C)c1c(C(C)C)cccc1C(C)C.[Cl][Co][Cl]. The molecule has 0 saturated carbocycles. The second-order valence-electron chi connectivity index (χ2n) is 9.03. The first-order valence-electron chi connectivity index (χ1n) is 11.5. The molecule has 3 aromatic rings. The van der Waals surface area contributed by atoms with E-state index in [0.717, 1.165) is 11.0 Å². The van der Waals surface area contributed by atoms with Crippen LogP contribution in [0.1, 0.15) is 61.8 Å². The summed E-state index contributed by atoms with van der Waals surface area (Å²) in [6.07, 6.45) is 10.6. The van der Waals surface area contributed by atoms with Gasteiger partial charge in [-0.15, -0.1) is 12.1 Å². The van der Waals surface area contributed by atoms with Crippen LogP contribution in [0.15, 0.2) is 66.7 Å². The van der Waals surface area contributed by atoms with Crippen LogP contribution in [0.3, 0.4) is 0 Å². The van der Waals surface area contributed by atoms with Gasteiger partial charge >= 0.3 is 33.2 Å². The van der Waals surface area contributed by atoms with Crippen molar-refractivity contribution in [1.29, 1.82) is 0 Å². The van der Waals surface area contributed by atoms with E-state index in [2.05, 4.69) is 127 Å². The van der Waals surface area contributed by atoms with E-state index in [1.807, 2.05) is 8.82 Å². The molecule has 2 aromatic carbocycles. The first-order chi connectivity index (χ1) is 16.8. The number of aromatic nitrogens is 1. The predicted molar refractivity (Wildman–Crippen MR) is 146 cm³/mol. The van der Waals surface area contributed by atoms with Crippen molar-refractivity contribution in [3.63, 3.8) is 0 Å². The number of para-hydroxylation sites is 1. The van der Waals surface area contributed by atoms with Crippen molar-refractivity contribution in [2.45, 2.75) is 39.5 Å². The van der Waals surface area contributed by atoms with Crippen LogP contribution in [-0.4, -0.2) is 11.3 Å². The van der Waals surface area contributed by atoms with Crippen LogP contribution in [-0.2, 0) is 12.9 Å². The summed E-state index contributed by atoms with van der Waals surface area (Å²) in [7, 11) is 9.47. The molecule has 1 aliphatic rings. The third-order valence-electron chi connectivity index (χ3n) is 6.11. The van der Waals surface area contributed by atoms with Gasteiger partial charge in [-0.05, 0) is 17.9 Å². The molecule has 0 fully saturated rings. The van der Waals surface area contributed by atoms with Crippen LogP contribution in [0.4, 0.5) is 5.69 Å². The van der Waals surface area contributed by atoms with Gasteiger partial charge in [-0.1, -0.05) is 51.5 Å². The molecule has 1 aromatic heterocycles. The maximum atomic E-state index is 4.73. The van der Waals surface area contributed by atoms with Crippen LogP contribution >= 0.6 is 20.3 Å². The molecule has 4 rings (SSSR count). The molecule has 185 valence electrons. The second-order valence-corrected chi connectivity index (χ2v) is 10.8. The number of rotatable bonds is 5. The number of halogens is 2. The summed E-state index contributed by atoms with van der Waals surface area (Å²) in [5.74, 6) is 0.825. The van der Waals surface area contributed by atoms with Crippen LogP contribution in [0.25, 0.3) is 17.5 Å². The fraction of sp³-hybridized carbons (Fsp3) is 0.200. The van der Waals surface area contributed by atoms with Gasteiger partial charge in [-0.25, -0.2) is 36.1 Å². The van der Waals surface area contributed by atoms with E-state index in [1.54, 1.807) is 0 Å². The van der Waals surface area contributed by atoms with E-state index in [1.165, 1.54) is 33.5 Å². The molecule has 0 spiro atoms. The number of fused-ring (bicyclic) bond motifs is 1. The van der Waals surface area contributed by atoms with Crippen LogP contribution < -0.4 is 9.59 Å². The third kappa shape index (κ3) is 6.23. The molecule has 35 heavy (non-hydrogen) atoms. The molecule has 0 saturated heterocycles. The number of nitrogens with zero attached hydrogens (tertiary/aromatic N) is 2. The molecule has 0 bridgehead atoms. The molecule has 0 unspecified atom stereocenters. The van der Waals surface area contributed by atoms with Crippen LogP contribution in [0.5, 0.6) is 0 Å². The predicted octanol–water partition coefficient (Wildman–Crippen LogP) is 7.36. The van der Waals surface area contributed by atoms with Crippen LogP contribution in [0, 0.1) is 19.6 Å². The standard InChI is InChI=1S/C30H32N2.2ClH.Co/c1-21(2)25-16-11-17-26(22(3)4)30(25)31(5)20-24-14-10-19-29(32(24)6)28-18-9-13-23-12-7-8-15-27(23)28;;;/h7-22H,5-6H2,1-4H3;2*1H;/q;;;+2/p-2. The second kappa shape index (κ2) is 12.5. The zero-order chi connectivity index (χ0) is 25.5. The number of benzene rings is 2. The Balaban J connectivity index is 0.00000108. The fourth-order valence-electron chi connectivity index (χ4n) is 4.42. The summed E-state index contributed by atoms with van der Waals surface area (Å²) in [5, 5.41) is 0.999. The number of hydrogen-bond acceptors (Lipinski definition) is 0. The molecular weight excluding hydrogens is 518 g/mol. The van der Waals surface area contributed by atoms with E-state index in [4.69, 9.17) is 20.3 Å². The zero-order valence-corrected chi connectivity index (χ0v) is 23.2. The molecule has 1 heterocycles. The molecular formula is C30H32Cl2CoN2. The van der Waals surface area contributed by atoms with Crippen molar-refractivity contribution in [3.05, 3.63) is 114 Å². The van der Waals surface area contributed by atoms with E-state index >= 15 is 0 Å². The Hall–Kier alpha value is -2.43. The number of pyridine rings is 1. The Morgan fingerprint density at radius 2 is 1.46 bits per heavy atom. The Labute approximate surface area is 224 Å². The monoisotopic (exact) mass is 549 g/mol. The summed E-state index contributed by atoms with van der Waals surface area (Å²) in [6.45, 7) is 17.8. The summed E-state index contributed by atoms with van der Waals surface area (Å²) in [4.78, 5) is 0. The van der Waals surface area contributed by atoms with Gasteiger partial charge in [-0.3, -0.25) is 0 Å². The van der Waals surface area contributed by atoms with E-state index in [9.17, 15) is 0 Å². The van der Waals surface area contributed by atoms with E-state index in [-0.39, 0.29) is 0 Å². The summed E-state index contributed by atoms with van der Waals surface area (Å²) in [6, 6.07) is 19.3.